The quantitative estimate of drug-likeness (QED) is 0.599. The van der Waals surface area contributed by atoms with Crippen molar-refractivity contribution in [3.05, 3.63) is 18.0 Å². The second kappa shape index (κ2) is 5.16. The number of ether oxygens (including phenoxy) is 1. The first kappa shape index (κ1) is 12.5. The smallest absolute Gasteiger partial charge is 0.0918 e. The summed E-state index contributed by atoms with van der Waals surface area (Å²) in [6.07, 6.45) is 6.32. The van der Waals surface area contributed by atoms with E-state index in [2.05, 4.69) is 10.5 Å². The molecule has 0 amide bonds. The van der Waals surface area contributed by atoms with E-state index in [0.29, 0.717) is 0 Å². The van der Waals surface area contributed by atoms with Crippen molar-refractivity contribution >= 4 is 0 Å². The van der Waals surface area contributed by atoms with Gasteiger partial charge in [0, 0.05) is 19.9 Å². The van der Waals surface area contributed by atoms with Crippen LogP contribution in [0.4, 0.5) is 0 Å². The zero-order valence-corrected chi connectivity index (χ0v) is 10.6. The number of rotatable bonds is 5. The lowest BCUT2D eigenvalue weighted by Gasteiger charge is -2.36. The van der Waals surface area contributed by atoms with Crippen molar-refractivity contribution in [3.63, 3.8) is 0 Å². The van der Waals surface area contributed by atoms with Gasteiger partial charge in [-0.25, -0.2) is 5.43 Å². The summed E-state index contributed by atoms with van der Waals surface area (Å²) in [4.78, 5) is 0. The monoisotopic (exact) mass is 238 g/mol. The van der Waals surface area contributed by atoms with E-state index in [-0.39, 0.29) is 11.6 Å². The van der Waals surface area contributed by atoms with E-state index in [9.17, 15) is 0 Å². The molecule has 1 aromatic heterocycles. The number of aromatic nitrogens is 2. The minimum atomic E-state index is -0.169. The lowest BCUT2D eigenvalue weighted by molar-refractivity contribution is -0.0644. The van der Waals surface area contributed by atoms with Crippen LogP contribution in [0.2, 0.25) is 0 Å². The van der Waals surface area contributed by atoms with Crippen LogP contribution in [0.3, 0.4) is 0 Å². The van der Waals surface area contributed by atoms with Crippen molar-refractivity contribution in [2.45, 2.75) is 44.2 Å². The number of hydrogen-bond donors (Lipinski definition) is 2. The van der Waals surface area contributed by atoms with Crippen LogP contribution in [0.15, 0.2) is 12.3 Å². The SMILES string of the molecule is CCOC1(C(NN)c2ccnn2C)CCCC1. The van der Waals surface area contributed by atoms with Crippen LogP contribution in [-0.4, -0.2) is 22.0 Å². The predicted molar refractivity (Wildman–Crippen MR) is 66.1 cm³/mol. The van der Waals surface area contributed by atoms with E-state index in [1.165, 1.54) is 12.8 Å². The summed E-state index contributed by atoms with van der Waals surface area (Å²) in [6.45, 7) is 2.76. The van der Waals surface area contributed by atoms with E-state index in [1.807, 2.05) is 24.7 Å². The average Bonchev–Trinajstić information content (AvgIpc) is 2.92. The molecule has 0 aliphatic heterocycles. The Hall–Kier alpha value is -0.910. The van der Waals surface area contributed by atoms with Crippen LogP contribution >= 0.6 is 0 Å². The number of nitrogens with two attached hydrogens (primary N) is 1. The lowest BCUT2D eigenvalue weighted by Crippen LogP contribution is -2.47. The largest absolute Gasteiger partial charge is 0.373 e. The molecular weight excluding hydrogens is 216 g/mol. The fourth-order valence-electron chi connectivity index (χ4n) is 2.95. The van der Waals surface area contributed by atoms with Crippen LogP contribution in [0.5, 0.6) is 0 Å². The maximum atomic E-state index is 6.04. The number of nitrogens with zero attached hydrogens (tertiary/aromatic N) is 2. The number of hydrazine groups is 1. The van der Waals surface area contributed by atoms with Crippen molar-refractivity contribution in [2.75, 3.05) is 6.61 Å². The van der Waals surface area contributed by atoms with Gasteiger partial charge in [-0.2, -0.15) is 5.10 Å². The molecule has 17 heavy (non-hydrogen) atoms. The fourth-order valence-corrected chi connectivity index (χ4v) is 2.95. The minimum Gasteiger partial charge on any atom is -0.373 e. The second-order valence-corrected chi connectivity index (χ2v) is 4.68. The Labute approximate surface area is 102 Å². The molecule has 0 bridgehead atoms. The van der Waals surface area contributed by atoms with Gasteiger partial charge in [-0.05, 0) is 25.8 Å². The van der Waals surface area contributed by atoms with Gasteiger partial charge < -0.3 is 4.74 Å². The molecular formula is C12H22N4O. The molecule has 5 nitrogen and oxygen atoms in total. The van der Waals surface area contributed by atoms with E-state index in [0.717, 1.165) is 25.1 Å². The zero-order chi connectivity index (χ0) is 12.3. The Morgan fingerprint density at radius 1 is 1.59 bits per heavy atom. The summed E-state index contributed by atoms with van der Waals surface area (Å²) in [5.74, 6) is 5.76. The molecule has 0 spiro atoms. The summed E-state index contributed by atoms with van der Waals surface area (Å²) in [5.41, 5.74) is 3.84. The number of nitrogens with one attached hydrogen (secondary N) is 1. The first-order valence-electron chi connectivity index (χ1n) is 6.31. The highest BCUT2D eigenvalue weighted by Gasteiger charge is 2.43. The number of aryl methyl sites for hydroxylation is 1. The molecule has 1 atom stereocenters. The Balaban J connectivity index is 2.29. The lowest BCUT2D eigenvalue weighted by atomic mass is 9.90. The van der Waals surface area contributed by atoms with Crippen molar-refractivity contribution in [3.8, 4) is 0 Å². The highest BCUT2D eigenvalue weighted by molar-refractivity contribution is 5.14. The third-order valence-corrected chi connectivity index (χ3v) is 3.73. The maximum Gasteiger partial charge on any atom is 0.0918 e. The van der Waals surface area contributed by atoms with Gasteiger partial charge >= 0.3 is 0 Å². The van der Waals surface area contributed by atoms with Crippen molar-refractivity contribution in [1.82, 2.24) is 15.2 Å². The minimum absolute atomic E-state index is 0.0115. The van der Waals surface area contributed by atoms with Crippen LogP contribution in [0, 0.1) is 0 Å². The van der Waals surface area contributed by atoms with Gasteiger partial charge in [-0.3, -0.25) is 10.5 Å². The second-order valence-electron chi connectivity index (χ2n) is 4.68. The molecule has 1 unspecified atom stereocenters. The maximum absolute atomic E-state index is 6.04. The molecule has 0 saturated heterocycles. The summed E-state index contributed by atoms with van der Waals surface area (Å²) in [7, 11) is 1.94. The molecule has 1 heterocycles. The number of hydrogen-bond acceptors (Lipinski definition) is 4. The first-order valence-corrected chi connectivity index (χ1v) is 6.31. The fraction of sp³-hybridized carbons (Fsp3) is 0.750. The van der Waals surface area contributed by atoms with Gasteiger partial charge in [0.2, 0.25) is 0 Å². The van der Waals surface area contributed by atoms with Crippen LogP contribution in [0.1, 0.15) is 44.3 Å². The summed E-state index contributed by atoms with van der Waals surface area (Å²) in [6, 6.07) is 2.02. The predicted octanol–water partition coefficient (Wildman–Crippen LogP) is 1.27. The zero-order valence-electron chi connectivity index (χ0n) is 10.6. The molecule has 1 aliphatic rings. The summed E-state index contributed by atoms with van der Waals surface area (Å²) >= 11 is 0. The topological polar surface area (TPSA) is 65.1 Å². The summed E-state index contributed by atoms with van der Waals surface area (Å²) < 4.78 is 7.90. The average molecular weight is 238 g/mol. The van der Waals surface area contributed by atoms with Crippen LogP contribution in [-0.2, 0) is 11.8 Å². The van der Waals surface area contributed by atoms with Gasteiger partial charge in [-0.15, -0.1) is 0 Å². The molecule has 1 aliphatic carbocycles. The normalized spacial score (nSPS) is 20.6. The third kappa shape index (κ3) is 2.22. The van der Waals surface area contributed by atoms with E-state index >= 15 is 0 Å². The van der Waals surface area contributed by atoms with Gasteiger partial charge in [-0.1, -0.05) is 12.8 Å². The first-order chi connectivity index (χ1) is 8.23. The standard InChI is InChI=1S/C12H22N4O/c1-3-17-12(7-4-5-8-12)11(15-13)10-6-9-14-16(10)2/h6,9,11,15H,3-5,7-8,13H2,1-2H3. The third-order valence-electron chi connectivity index (χ3n) is 3.73. The molecule has 1 fully saturated rings. The molecule has 3 N–H and O–H groups in total. The molecule has 0 radical (unpaired) electrons. The molecule has 5 heteroatoms. The molecule has 1 saturated carbocycles. The molecule has 0 aromatic carbocycles. The molecule has 1 aromatic rings. The molecule has 96 valence electrons. The van der Waals surface area contributed by atoms with Gasteiger partial charge in [0.05, 0.1) is 17.3 Å². The Morgan fingerprint density at radius 2 is 2.29 bits per heavy atom. The Kier molecular flexibility index (Phi) is 3.81. The van der Waals surface area contributed by atoms with Crippen molar-refractivity contribution in [2.24, 2.45) is 12.9 Å². The van der Waals surface area contributed by atoms with Gasteiger partial charge in [0.25, 0.3) is 0 Å². The van der Waals surface area contributed by atoms with Crippen LogP contribution < -0.4 is 11.3 Å². The Bertz CT molecular complexity index is 357. The summed E-state index contributed by atoms with van der Waals surface area (Å²) in [5, 5.41) is 4.21. The van der Waals surface area contributed by atoms with E-state index in [4.69, 9.17) is 10.6 Å². The highest BCUT2D eigenvalue weighted by atomic mass is 16.5. The van der Waals surface area contributed by atoms with Crippen LogP contribution in [0.25, 0.3) is 0 Å². The van der Waals surface area contributed by atoms with E-state index in [1.54, 1.807) is 6.20 Å². The highest BCUT2D eigenvalue weighted by Crippen LogP contribution is 2.42. The van der Waals surface area contributed by atoms with Crippen molar-refractivity contribution < 1.29 is 4.74 Å². The molecule has 2 rings (SSSR count). The van der Waals surface area contributed by atoms with Crippen molar-refractivity contribution in [1.29, 1.82) is 0 Å². The van der Waals surface area contributed by atoms with Gasteiger partial charge in [0.15, 0.2) is 0 Å². The van der Waals surface area contributed by atoms with Gasteiger partial charge in [0.1, 0.15) is 0 Å². The Morgan fingerprint density at radius 3 is 2.76 bits per heavy atom. The van der Waals surface area contributed by atoms with E-state index < -0.39 is 0 Å².